The number of allylic oxidation sites excluding steroid dienone is 1. The topological polar surface area (TPSA) is 110 Å². The summed E-state index contributed by atoms with van der Waals surface area (Å²) in [5.41, 5.74) is 4.76. The Morgan fingerprint density at radius 1 is 0.873 bits per heavy atom. The maximum absolute atomic E-state index is 14.8. The highest BCUT2D eigenvalue weighted by Crippen LogP contribution is 2.62. The zero-order chi connectivity index (χ0) is 45.4. The number of carbonyl (C=O) groups excluding carboxylic acids is 1. The molecule has 0 bridgehead atoms. The second-order valence-electron chi connectivity index (χ2n) is 19.5. The normalized spacial score (nSPS) is 23.3. The van der Waals surface area contributed by atoms with E-state index in [2.05, 4.69) is 63.4 Å². The summed E-state index contributed by atoms with van der Waals surface area (Å²) in [5, 5.41) is 25.0. The Balaban J connectivity index is 1.66. The molecule has 0 aromatic heterocycles. The Labute approximate surface area is 380 Å². The molecule has 0 radical (unpaired) electrons. The zero-order valence-electron chi connectivity index (χ0n) is 40.1. The number of rotatable bonds is 27. The molecule has 9 heteroatoms. The van der Waals surface area contributed by atoms with Gasteiger partial charge in [-0.05, 0) is 132 Å². The standard InChI is InChI=1S/C54H82N2O7/c1-9-12-13-14-15-16-17-18-19-26-50(59)56(31-10-2)49-38-47(55-63-53(6,7)8)45-36-41(24-20-22-32-57)44(25-21-23-33-58)51-46-37-43(61-42-28-27-39(4)40(5)35-42)29-30-48(46)62-54(49,52(45)51)60-34-11-3/h11,27-30,35-37,41,44,49,51-52,57-58H,3,9-10,12-26,31-34,38H2,1-2,4-8H3. The Kier molecular flexibility index (Phi) is 19.6. The first-order valence-electron chi connectivity index (χ1n) is 24.7. The van der Waals surface area contributed by atoms with Crippen molar-refractivity contribution >= 4 is 11.6 Å². The lowest BCUT2D eigenvalue weighted by Gasteiger charge is -2.60. The van der Waals surface area contributed by atoms with Gasteiger partial charge in [0.1, 0.15) is 28.9 Å². The Bertz CT molecular complexity index is 1820. The van der Waals surface area contributed by atoms with Crippen LogP contribution in [0.15, 0.2) is 65.9 Å². The summed E-state index contributed by atoms with van der Waals surface area (Å²) in [6.45, 7) is 19.8. The number of aryl methyl sites for hydroxylation is 2. The third-order valence-corrected chi connectivity index (χ3v) is 13.4. The number of nitrogens with zero attached hydrogens (tertiary/aromatic N) is 2. The average Bonchev–Trinajstić information content (AvgIpc) is 3.25. The van der Waals surface area contributed by atoms with E-state index in [-0.39, 0.29) is 49.4 Å². The summed E-state index contributed by atoms with van der Waals surface area (Å²) in [5.74, 6) is 0.910. The molecule has 2 aromatic carbocycles. The number of amides is 1. The van der Waals surface area contributed by atoms with E-state index in [1.54, 1.807) is 6.08 Å². The number of hydrogen-bond donors (Lipinski definition) is 2. The highest BCUT2D eigenvalue weighted by molar-refractivity contribution is 6.03. The van der Waals surface area contributed by atoms with Gasteiger partial charge in [-0.3, -0.25) is 4.79 Å². The molecule has 1 fully saturated rings. The van der Waals surface area contributed by atoms with Crippen molar-refractivity contribution in [3.05, 3.63) is 77.4 Å². The number of oxime groups is 1. The fourth-order valence-corrected chi connectivity index (χ4v) is 10.2. The fourth-order valence-electron chi connectivity index (χ4n) is 10.2. The second kappa shape index (κ2) is 24.6. The molecule has 0 saturated heterocycles. The van der Waals surface area contributed by atoms with E-state index in [0.717, 1.165) is 97.4 Å². The molecule has 6 unspecified atom stereocenters. The van der Waals surface area contributed by atoms with Gasteiger partial charge in [0.25, 0.3) is 0 Å². The van der Waals surface area contributed by atoms with Gasteiger partial charge in [0.15, 0.2) is 0 Å². The summed E-state index contributed by atoms with van der Waals surface area (Å²) >= 11 is 0. The van der Waals surface area contributed by atoms with Crippen molar-refractivity contribution in [1.29, 1.82) is 0 Å². The molecule has 63 heavy (non-hydrogen) atoms. The quantitative estimate of drug-likeness (QED) is 0.0523. The number of fused-ring (bicyclic) bond motifs is 2. The Morgan fingerprint density at radius 3 is 2.19 bits per heavy atom. The van der Waals surface area contributed by atoms with E-state index < -0.39 is 17.4 Å². The van der Waals surface area contributed by atoms with E-state index in [4.69, 9.17) is 24.2 Å². The summed E-state index contributed by atoms with van der Waals surface area (Å²) in [6, 6.07) is 11.8. The average molecular weight is 871 g/mol. The summed E-state index contributed by atoms with van der Waals surface area (Å²) in [4.78, 5) is 23.2. The van der Waals surface area contributed by atoms with Crippen LogP contribution in [0.5, 0.6) is 17.2 Å². The predicted molar refractivity (Wildman–Crippen MR) is 256 cm³/mol. The van der Waals surface area contributed by atoms with E-state index in [1.807, 2.05) is 39.0 Å². The number of aliphatic hydroxyl groups is 2. The summed E-state index contributed by atoms with van der Waals surface area (Å²) in [6.07, 6.45) is 21.5. The maximum atomic E-state index is 14.8. The molecule has 3 aliphatic rings. The van der Waals surface area contributed by atoms with Crippen LogP contribution in [0.3, 0.4) is 0 Å². The van der Waals surface area contributed by atoms with Crippen LogP contribution in [-0.2, 0) is 14.4 Å². The molecule has 5 rings (SSSR count). The monoisotopic (exact) mass is 871 g/mol. The van der Waals surface area contributed by atoms with Gasteiger partial charge in [-0.2, -0.15) is 0 Å². The van der Waals surface area contributed by atoms with E-state index in [0.29, 0.717) is 25.8 Å². The first-order chi connectivity index (χ1) is 30.4. The minimum absolute atomic E-state index is 0.113. The maximum Gasteiger partial charge on any atom is 0.239 e. The molecule has 2 aromatic rings. The van der Waals surface area contributed by atoms with Gasteiger partial charge in [0.2, 0.25) is 11.7 Å². The third-order valence-electron chi connectivity index (χ3n) is 13.4. The van der Waals surface area contributed by atoms with Gasteiger partial charge in [-0.15, -0.1) is 6.58 Å². The van der Waals surface area contributed by atoms with E-state index in [9.17, 15) is 15.0 Å². The van der Waals surface area contributed by atoms with E-state index >= 15 is 0 Å². The molecule has 1 saturated carbocycles. The lowest BCUT2D eigenvalue weighted by atomic mass is 9.55. The summed E-state index contributed by atoms with van der Waals surface area (Å²) in [7, 11) is 0. The SMILES string of the molecule is C=CCOC12Oc3ccc(Oc4ccc(C)c(C)c4)cc3C3C(CCCCO)C(CCCCO)C=C(C(=NOC(C)(C)C)CC1N(CCC)C(=O)CCCCCCCCCCC)C32. The molecule has 1 amide bonds. The number of ether oxygens (including phenoxy) is 3. The molecule has 6 atom stereocenters. The van der Waals surface area contributed by atoms with Crippen molar-refractivity contribution in [2.45, 2.75) is 187 Å². The van der Waals surface area contributed by atoms with E-state index in [1.165, 1.54) is 44.1 Å². The smallest absolute Gasteiger partial charge is 0.239 e. The minimum Gasteiger partial charge on any atom is -0.459 e. The van der Waals surface area contributed by atoms with Gasteiger partial charge in [-0.1, -0.05) is 101 Å². The van der Waals surface area contributed by atoms with Crippen LogP contribution in [0.25, 0.3) is 0 Å². The Hall–Kier alpha value is -3.66. The predicted octanol–water partition coefficient (Wildman–Crippen LogP) is 12.7. The van der Waals surface area contributed by atoms with Crippen molar-refractivity contribution in [2.24, 2.45) is 22.9 Å². The lowest BCUT2D eigenvalue weighted by molar-refractivity contribution is -0.257. The van der Waals surface area contributed by atoms with Crippen molar-refractivity contribution in [2.75, 3.05) is 26.4 Å². The number of unbranched alkanes of at least 4 members (excludes halogenated alkanes) is 10. The second-order valence-corrected chi connectivity index (χ2v) is 19.5. The molecule has 9 nitrogen and oxygen atoms in total. The molecular weight excluding hydrogens is 789 g/mol. The number of aliphatic hydroxyl groups excluding tert-OH is 2. The molecule has 2 N–H and O–H groups in total. The molecule has 0 spiro atoms. The van der Waals surface area contributed by atoms with Gasteiger partial charge in [0.05, 0.1) is 18.2 Å². The van der Waals surface area contributed by atoms with Crippen LogP contribution in [0.4, 0.5) is 0 Å². The van der Waals surface area contributed by atoms with Crippen molar-refractivity contribution in [3.8, 4) is 17.2 Å². The molecule has 350 valence electrons. The van der Waals surface area contributed by atoms with Crippen LogP contribution in [-0.4, -0.2) is 70.5 Å². The Morgan fingerprint density at radius 2 is 1.54 bits per heavy atom. The zero-order valence-corrected chi connectivity index (χ0v) is 40.1. The number of hydrogen-bond acceptors (Lipinski definition) is 8. The van der Waals surface area contributed by atoms with Crippen LogP contribution in [0, 0.1) is 31.6 Å². The lowest BCUT2D eigenvalue weighted by Crippen LogP contribution is -2.70. The molecular formula is C54H82N2O7. The third kappa shape index (κ3) is 13.2. The van der Waals surface area contributed by atoms with Crippen molar-refractivity contribution < 1.29 is 34.1 Å². The molecule has 1 aliphatic heterocycles. The summed E-state index contributed by atoms with van der Waals surface area (Å²) < 4.78 is 21.3. The highest BCUT2D eigenvalue weighted by Gasteiger charge is 2.65. The van der Waals surface area contributed by atoms with Gasteiger partial charge in [-0.25, -0.2) is 0 Å². The minimum atomic E-state index is -1.26. The highest BCUT2D eigenvalue weighted by atomic mass is 16.7. The largest absolute Gasteiger partial charge is 0.459 e. The van der Waals surface area contributed by atoms with Crippen LogP contribution >= 0.6 is 0 Å². The molecule has 2 aliphatic carbocycles. The van der Waals surface area contributed by atoms with Crippen LogP contribution in [0.2, 0.25) is 0 Å². The fraction of sp³-hybridized carbons (Fsp3) is 0.667. The van der Waals surface area contributed by atoms with Gasteiger partial charge >= 0.3 is 0 Å². The first-order valence-corrected chi connectivity index (χ1v) is 24.7. The number of benzene rings is 2. The van der Waals surface area contributed by atoms with Crippen LogP contribution < -0.4 is 9.47 Å². The van der Waals surface area contributed by atoms with Crippen LogP contribution in [0.1, 0.15) is 173 Å². The van der Waals surface area contributed by atoms with Gasteiger partial charge in [0, 0.05) is 44.1 Å². The van der Waals surface area contributed by atoms with Crippen molar-refractivity contribution in [1.82, 2.24) is 4.90 Å². The first kappa shape index (κ1) is 50.3. The van der Waals surface area contributed by atoms with Gasteiger partial charge < -0.3 is 34.2 Å². The van der Waals surface area contributed by atoms with Crippen molar-refractivity contribution in [3.63, 3.8) is 0 Å². The molecule has 1 heterocycles. The number of carbonyl (C=O) groups is 1.